The van der Waals surface area contributed by atoms with Crippen LogP contribution in [0, 0.1) is 0 Å². The average molecular weight is 218 g/mol. The van der Waals surface area contributed by atoms with Gasteiger partial charge < -0.3 is 8.98 Å². The number of nitrogens with zero attached hydrogens (tertiary/aromatic N) is 2. The molecule has 2 rings (SSSR count). The third kappa shape index (κ3) is 1.66. The van der Waals surface area contributed by atoms with Crippen LogP contribution in [0.25, 0.3) is 0 Å². The Morgan fingerprint density at radius 3 is 3.00 bits per heavy atom. The maximum atomic E-state index is 12.2. The lowest BCUT2D eigenvalue weighted by atomic mass is 10.1. The standard InChI is InChI=1S/C12H14N2O2/c1-3-10-9(5-8-16-10)11(15)12-13-6-7-14(12)4-2/h5-8H,3-4H2,1-2H3. The van der Waals surface area contributed by atoms with Crippen molar-refractivity contribution in [3.63, 3.8) is 0 Å². The largest absolute Gasteiger partial charge is 0.469 e. The van der Waals surface area contributed by atoms with E-state index in [-0.39, 0.29) is 5.78 Å². The highest BCUT2D eigenvalue weighted by Crippen LogP contribution is 2.15. The van der Waals surface area contributed by atoms with E-state index in [9.17, 15) is 4.79 Å². The van der Waals surface area contributed by atoms with E-state index in [1.54, 1.807) is 24.7 Å². The predicted octanol–water partition coefficient (Wildman–Crippen LogP) is 2.29. The molecule has 0 amide bonds. The smallest absolute Gasteiger partial charge is 0.231 e. The van der Waals surface area contributed by atoms with Crippen LogP contribution in [0.2, 0.25) is 0 Å². The van der Waals surface area contributed by atoms with Crippen molar-refractivity contribution in [2.45, 2.75) is 26.8 Å². The first-order valence-corrected chi connectivity index (χ1v) is 5.40. The molecule has 0 unspecified atom stereocenters. The Balaban J connectivity index is 2.39. The fourth-order valence-corrected chi connectivity index (χ4v) is 1.71. The maximum Gasteiger partial charge on any atom is 0.231 e. The van der Waals surface area contributed by atoms with Crippen molar-refractivity contribution in [3.8, 4) is 0 Å². The molecule has 84 valence electrons. The van der Waals surface area contributed by atoms with Crippen molar-refractivity contribution in [2.24, 2.45) is 0 Å². The van der Waals surface area contributed by atoms with E-state index in [1.165, 1.54) is 0 Å². The van der Waals surface area contributed by atoms with Gasteiger partial charge in [0.1, 0.15) is 5.76 Å². The van der Waals surface area contributed by atoms with Gasteiger partial charge >= 0.3 is 0 Å². The SMILES string of the molecule is CCc1occc1C(=O)c1nccn1CC. The van der Waals surface area contributed by atoms with Crippen molar-refractivity contribution in [3.05, 3.63) is 41.9 Å². The second-order valence-electron chi connectivity index (χ2n) is 3.48. The highest BCUT2D eigenvalue weighted by molar-refractivity contribution is 6.07. The van der Waals surface area contributed by atoms with Crippen LogP contribution < -0.4 is 0 Å². The normalized spacial score (nSPS) is 10.6. The number of hydrogen-bond acceptors (Lipinski definition) is 3. The van der Waals surface area contributed by atoms with E-state index in [2.05, 4.69) is 4.98 Å². The molecule has 0 saturated carbocycles. The molecule has 2 heterocycles. The molecular weight excluding hydrogens is 204 g/mol. The number of hydrogen-bond donors (Lipinski definition) is 0. The van der Waals surface area contributed by atoms with E-state index in [0.29, 0.717) is 17.8 Å². The van der Waals surface area contributed by atoms with Crippen LogP contribution in [-0.4, -0.2) is 15.3 Å². The summed E-state index contributed by atoms with van der Waals surface area (Å²) in [6, 6.07) is 1.70. The van der Waals surface area contributed by atoms with Crippen LogP contribution >= 0.6 is 0 Å². The Labute approximate surface area is 93.9 Å². The van der Waals surface area contributed by atoms with Crippen LogP contribution in [-0.2, 0) is 13.0 Å². The molecule has 0 N–H and O–H groups in total. The molecule has 4 heteroatoms. The minimum absolute atomic E-state index is 0.0718. The Bertz CT molecular complexity index is 452. The molecule has 0 radical (unpaired) electrons. The van der Waals surface area contributed by atoms with E-state index >= 15 is 0 Å². The van der Waals surface area contributed by atoms with E-state index in [0.717, 1.165) is 12.3 Å². The highest BCUT2D eigenvalue weighted by Gasteiger charge is 2.19. The van der Waals surface area contributed by atoms with Crippen LogP contribution in [0.4, 0.5) is 0 Å². The minimum atomic E-state index is -0.0718. The third-order valence-electron chi connectivity index (χ3n) is 2.57. The van der Waals surface area contributed by atoms with Gasteiger partial charge in [-0.15, -0.1) is 0 Å². The molecule has 0 saturated heterocycles. The summed E-state index contributed by atoms with van der Waals surface area (Å²) in [5.74, 6) is 1.12. The number of aryl methyl sites for hydroxylation is 2. The Morgan fingerprint density at radius 2 is 2.31 bits per heavy atom. The number of furan rings is 1. The molecule has 0 aliphatic carbocycles. The van der Waals surface area contributed by atoms with E-state index in [1.807, 2.05) is 18.4 Å². The second kappa shape index (κ2) is 4.35. The molecule has 2 aromatic rings. The van der Waals surface area contributed by atoms with E-state index in [4.69, 9.17) is 4.42 Å². The molecule has 16 heavy (non-hydrogen) atoms. The first-order chi connectivity index (χ1) is 7.77. The summed E-state index contributed by atoms with van der Waals surface area (Å²) in [4.78, 5) is 16.3. The number of imidazole rings is 1. The fourth-order valence-electron chi connectivity index (χ4n) is 1.71. The topological polar surface area (TPSA) is 48.0 Å². The van der Waals surface area contributed by atoms with E-state index < -0.39 is 0 Å². The lowest BCUT2D eigenvalue weighted by Gasteiger charge is -2.03. The van der Waals surface area contributed by atoms with Crippen LogP contribution in [0.3, 0.4) is 0 Å². The first kappa shape index (κ1) is 10.7. The molecule has 0 aliphatic rings. The minimum Gasteiger partial charge on any atom is -0.469 e. The maximum absolute atomic E-state index is 12.2. The number of ketones is 1. The quantitative estimate of drug-likeness (QED) is 0.740. The lowest BCUT2D eigenvalue weighted by Crippen LogP contribution is -2.11. The zero-order chi connectivity index (χ0) is 11.5. The number of aromatic nitrogens is 2. The summed E-state index contributed by atoms with van der Waals surface area (Å²) in [6.07, 6.45) is 5.70. The fraction of sp³-hybridized carbons (Fsp3) is 0.333. The zero-order valence-electron chi connectivity index (χ0n) is 9.43. The highest BCUT2D eigenvalue weighted by atomic mass is 16.3. The molecule has 0 aliphatic heterocycles. The summed E-state index contributed by atoms with van der Waals surface area (Å²) in [5, 5.41) is 0. The summed E-state index contributed by atoms with van der Waals surface area (Å²) in [5.41, 5.74) is 0.614. The molecule has 0 bridgehead atoms. The van der Waals surface area contributed by atoms with Gasteiger partial charge in [0.15, 0.2) is 5.82 Å². The molecular formula is C12H14N2O2. The van der Waals surface area contributed by atoms with Crippen molar-refractivity contribution >= 4 is 5.78 Å². The number of carbonyl (C=O) groups excluding carboxylic acids is 1. The number of rotatable bonds is 4. The monoisotopic (exact) mass is 218 g/mol. The summed E-state index contributed by atoms with van der Waals surface area (Å²) < 4.78 is 7.08. The van der Waals surface area contributed by atoms with Crippen molar-refractivity contribution in [1.29, 1.82) is 0 Å². The lowest BCUT2D eigenvalue weighted by molar-refractivity contribution is 0.102. The predicted molar refractivity (Wildman–Crippen MR) is 59.4 cm³/mol. The average Bonchev–Trinajstić information content (AvgIpc) is 2.96. The number of carbonyl (C=O) groups is 1. The van der Waals surface area contributed by atoms with Gasteiger partial charge in [-0.05, 0) is 13.0 Å². The summed E-state index contributed by atoms with van der Waals surface area (Å²) in [6.45, 7) is 4.68. The van der Waals surface area contributed by atoms with Gasteiger partial charge in [0, 0.05) is 25.4 Å². The van der Waals surface area contributed by atoms with Gasteiger partial charge in [0.25, 0.3) is 0 Å². The van der Waals surface area contributed by atoms with Crippen molar-refractivity contribution in [2.75, 3.05) is 0 Å². The Morgan fingerprint density at radius 1 is 1.50 bits per heavy atom. The van der Waals surface area contributed by atoms with Gasteiger partial charge in [-0.25, -0.2) is 4.98 Å². The third-order valence-corrected chi connectivity index (χ3v) is 2.57. The summed E-state index contributed by atoms with van der Waals surface area (Å²) in [7, 11) is 0. The zero-order valence-corrected chi connectivity index (χ0v) is 9.43. The van der Waals surface area contributed by atoms with Crippen LogP contribution in [0.1, 0.15) is 35.8 Å². The molecule has 0 spiro atoms. The van der Waals surface area contributed by atoms with Gasteiger partial charge in [-0.1, -0.05) is 6.92 Å². The van der Waals surface area contributed by atoms with Gasteiger partial charge in [0.05, 0.1) is 11.8 Å². The Kier molecular flexibility index (Phi) is 2.90. The van der Waals surface area contributed by atoms with Gasteiger partial charge in [-0.3, -0.25) is 4.79 Å². The molecule has 0 aromatic carbocycles. The second-order valence-corrected chi connectivity index (χ2v) is 3.48. The molecule has 4 nitrogen and oxygen atoms in total. The van der Waals surface area contributed by atoms with Crippen LogP contribution in [0.5, 0.6) is 0 Å². The molecule has 2 aromatic heterocycles. The summed E-state index contributed by atoms with van der Waals surface area (Å²) >= 11 is 0. The van der Waals surface area contributed by atoms with Gasteiger partial charge in [0.2, 0.25) is 5.78 Å². The van der Waals surface area contributed by atoms with Gasteiger partial charge in [-0.2, -0.15) is 0 Å². The molecule has 0 atom stereocenters. The van der Waals surface area contributed by atoms with Crippen molar-refractivity contribution in [1.82, 2.24) is 9.55 Å². The first-order valence-electron chi connectivity index (χ1n) is 5.40. The van der Waals surface area contributed by atoms with Crippen LogP contribution in [0.15, 0.2) is 29.1 Å². The molecule has 0 fully saturated rings. The van der Waals surface area contributed by atoms with Crippen molar-refractivity contribution < 1.29 is 9.21 Å². The Hall–Kier alpha value is -1.84.